The summed E-state index contributed by atoms with van der Waals surface area (Å²) in [7, 11) is 3.99. The molecule has 0 radical (unpaired) electrons. The zero-order chi connectivity index (χ0) is 20.4. The number of nitrogens with zero attached hydrogens (tertiary/aromatic N) is 4. The Morgan fingerprint density at radius 2 is 1.83 bits per heavy atom. The lowest BCUT2D eigenvalue weighted by molar-refractivity contribution is 0.0747. The first-order valence-electron chi connectivity index (χ1n) is 9.91. The minimum absolute atomic E-state index is 0.0953. The molecule has 152 valence electrons. The van der Waals surface area contributed by atoms with Gasteiger partial charge < -0.3 is 19.4 Å². The molecule has 0 unspecified atom stereocenters. The first-order chi connectivity index (χ1) is 14.1. The van der Waals surface area contributed by atoms with E-state index >= 15 is 0 Å². The fraction of sp³-hybridized carbons (Fsp3) is 0.364. The van der Waals surface area contributed by atoms with Crippen LogP contribution < -0.4 is 14.5 Å². The number of carbonyl (C=O) groups excluding carboxylic acids is 1. The predicted octanol–water partition coefficient (Wildman–Crippen LogP) is 3.72. The van der Waals surface area contributed by atoms with Crippen LogP contribution in [0.25, 0.3) is 10.2 Å². The van der Waals surface area contributed by atoms with Crippen molar-refractivity contribution in [3.63, 3.8) is 0 Å². The Labute approximate surface area is 175 Å². The van der Waals surface area contributed by atoms with E-state index in [2.05, 4.69) is 11.0 Å². The largest absolute Gasteiger partial charge is 0.492 e. The number of carbonyl (C=O) groups is 1. The predicted molar refractivity (Wildman–Crippen MR) is 120 cm³/mol. The summed E-state index contributed by atoms with van der Waals surface area (Å²) in [6.45, 7) is 5.57. The van der Waals surface area contributed by atoms with Crippen molar-refractivity contribution in [2.45, 2.75) is 6.92 Å². The lowest BCUT2D eigenvalue weighted by atomic mass is 10.1. The van der Waals surface area contributed by atoms with Crippen LogP contribution in [0.15, 0.2) is 42.5 Å². The van der Waals surface area contributed by atoms with Gasteiger partial charge in [-0.15, -0.1) is 0 Å². The molecule has 0 bridgehead atoms. The van der Waals surface area contributed by atoms with Crippen LogP contribution in [0.3, 0.4) is 0 Å². The van der Waals surface area contributed by atoms with E-state index < -0.39 is 0 Å². The third-order valence-electron chi connectivity index (χ3n) is 5.14. The number of aromatic nitrogens is 1. The lowest BCUT2D eigenvalue weighted by Crippen LogP contribution is -2.48. The maximum atomic E-state index is 12.8. The maximum Gasteiger partial charge on any atom is 0.253 e. The maximum absolute atomic E-state index is 12.8. The Morgan fingerprint density at radius 3 is 2.48 bits per heavy atom. The van der Waals surface area contributed by atoms with Gasteiger partial charge in [-0.05, 0) is 43.3 Å². The molecule has 2 aromatic carbocycles. The summed E-state index contributed by atoms with van der Waals surface area (Å²) < 4.78 is 6.84. The van der Waals surface area contributed by atoms with Crippen LogP contribution in [0.4, 0.5) is 10.8 Å². The number of para-hydroxylation sites is 1. The van der Waals surface area contributed by atoms with E-state index in [9.17, 15) is 4.79 Å². The number of ether oxygens (including phenoxy) is 1. The monoisotopic (exact) mass is 410 g/mol. The molecule has 0 spiro atoms. The number of amides is 1. The second-order valence-corrected chi connectivity index (χ2v) is 8.26. The quantitative estimate of drug-likeness (QED) is 0.642. The number of rotatable bonds is 5. The summed E-state index contributed by atoms with van der Waals surface area (Å²) in [4.78, 5) is 23.9. The highest BCUT2D eigenvalue weighted by Gasteiger charge is 2.24. The number of thiazole rings is 1. The highest BCUT2D eigenvalue weighted by Crippen LogP contribution is 2.34. The number of benzene rings is 2. The van der Waals surface area contributed by atoms with Crippen molar-refractivity contribution >= 4 is 38.3 Å². The average Bonchev–Trinajstić information content (AvgIpc) is 3.19. The summed E-state index contributed by atoms with van der Waals surface area (Å²) in [5, 5.41) is 0.995. The molecule has 1 aliphatic rings. The first kappa shape index (κ1) is 19.5. The van der Waals surface area contributed by atoms with Crippen molar-refractivity contribution in [3.05, 3.63) is 48.0 Å². The van der Waals surface area contributed by atoms with Gasteiger partial charge in [-0.3, -0.25) is 4.79 Å². The molecular formula is C22H26N4O2S. The standard InChI is InChI=1S/C22H26N4O2S/c1-4-28-18-6-5-7-19-20(18)23-22(29-19)26-14-12-25(13-15-26)21(27)16-8-10-17(11-9-16)24(2)3/h5-11H,4,12-15H2,1-3H3. The number of anilines is 2. The lowest BCUT2D eigenvalue weighted by Gasteiger charge is -2.34. The van der Waals surface area contributed by atoms with Crippen LogP contribution in [-0.4, -0.2) is 62.7 Å². The van der Waals surface area contributed by atoms with Crippen LogP contribution in [-0.2, 0) is 0 Å². The Bertz CT molecular complexity index is 992. The Morgan fingerprint density at radius 1 is 1.10 bits per heavy atom. The van der Waals surface area contributed by atoms with Gasteiger partial charge in [0.15, 0.2) is 5.13 Å². The van der Waals surface area contributed by atoms with Gasteiger partial charge in [-0.1, -0.05) is 17.4 Å². The molecule has 7 heteroatoms. The second-order valence-electron chi connectivity index (χ2n) is 7.25. The molecule has 1 aliphatic heterocycles. The van der Waals surface area contributed by atoms with Crippen molar-refractivity contribution in [2.75, 3.05) is 56.7 Å². The highest BCUT2D eigenvalue weighted by atomic mass is 32.1. The molecule has 6 nitrogen and oxygen atoms in total. The fourth-order valence-corrected chi connectivity index (χ4v) is 4.54. The Kier molecular flexibility index (Phi) is 5.58. The normalized spacial score (nSPS) is 14.3. The second kappa shape index (κ2) is 8.29. The SMILES string of the molecule is CCOc1cccc2sc(N3CCN(C(=O)c4ccc(N(C)C)cc4)CC3)nc12. The fourth-order valence-electron chi connectivity index (χ4n) is 3.50. The minimum Gasteiger partial charge on any atom is -0.492 e. The van der Waals surface area contributed by atoms with Gasteiger partial charge in [0.05, 0.1) is 11.3 Å². The van der Waals surface area contributed by atoms with E-state index in [4.69, 9.17) is 9.72 Å². The van der Waals surface area contributed by atoms with Gasteiger partial charge >= 0.3 is 0 Å². The molecule has 1 aromatic heterocycles. The summed E-state index contributed by atoms with van der Waals surface area (Å²) in [6.07, 6.45) is 0. The number of piperazine rings is 1. The zero-order valence-electron chi connectivity index (χ0n) is 17.1. The van der Waals surface area contributed by atoms with Gasteiger partial charge in [0.25, 0.3) is 5.91 Å². The van der Waals surface area contributed by atoms with Crippen molar-refractivity contribution < 1.29 is 9.53 Å². The Hall–Kier alpha value is -2.80. The van der Waals surface area contributed by atoms with E-state index in [0.29, 0.717) is 19.7 Å². The molecule has 1 saturated heterocycles. The average molecular weight is 411 g/mol. The molecule has 2 heterocycles. The molecule has 3 aromatic rings. The van der Waals surface area contributed by atoms with Crippen LogP contribution in [0, 0.1) is 0 Å². The topological polar surface area (TPSA) is 48.9 Å². The van der Waals surface area contributed by atoms with Gasteiger partial charge in [-0.2, -0.15) is 0 Å². The van der Waals surface area contributed by atoms with Gasteiger partial charge in [0, 0.05) is 51.5 Å². The third kappa shape index (κ3) is 4.00. The molecule has 0 aliphatic carbocycles. The van der Waals surface area contributed by atoms with Crippen LogP contribution in [0.1, 0.15) is 17.3 Å². The third-order valence-corrected chi connectivity index (χ3v) is 6.22. The van der Waals surface area contributed by atoms with Crippen LogP contribution >= 0.6 is 11.3 Å². The van der Waals surface area contributed by atoms with Crippen LogP contribution in [0.5, 0.6) is 5.75 Å². The summed E-state index contributed by atoms with van der Waals surface area (Å²) in [6, 6.07) is 13.8. The molecule has 0 atom stereocenters. The smallest absolute Gasteiger partial charge is 0.253 e. The summed E-state index contributed by atoms with van der Waals surface area (Å²) >= 11 is 1.68. The summed E-state index contributed by atoms with van der Waals surface area (Å²) in [5.74, 6) is 0.931. The van der Waals surface area contributed by atoms with Gasteiger partial charge in [-0.25, -0.2) is 4.98 Å². The van der Waals surface area contributed by atoms with Crippen molar-refractivity contribution in [1.82, 2.24) is 9.88 Å². The van der Waals surface area contributed by atoms with Crippen LogP contribution in [0.2, 0.25) is 0 Å². The van der Waals surface area contributed by atoms with Crippen molar-refractivity contribution in [3.8, 4) is 5.75 Å². The van der Waals surface area contributed by atoms with E-state index in [-0.39, 0.29) is 5.91 Å². The van der Waals surface area contributed by atoms with Crippen molar-refractivity contribution in [1.29, 1.82) is 0 Å². The molecule has 1 amide bonds. The van der Waals surface area contributed by atoms with Crippen molar-refractivity contribution in [2.24, 2.45) is 0 Å². The zero-order valence-corrected chi connectivity index (χ0v) is 17.9. The van der Waals surface area contributed by atoms with E-state index in [1.807, 2.05) is 67.2 Å². The number of fused-ring (bicyclic) bond motifs is 1. The van der Waals surface area contributed by atoms with E-state index in [0.717, 1.165) is 45.4 Å². The molecule has 0 saturated carbocycles. The molecule has 1 fully saturated rings. The van der Waals surface area contributed by atoms with Gasteiger partial charge in [0.2, 0.25) is 0 Å². The van der Waals surface area contributed by atoms with Gasteiger partial charge in [0.1, 0.15) is 11.3 Å². The highest BCUT2D eigenvalue weighted by molar-refractivity contribution is 7.22. The number of hydrogen-bond acceptors (Lipinski definition) is 6. The number of hydrogen-bond donors (Lipinski definition) is 0. The molecule has 0 N–H and O–H groups in total. The first-order valence-corrected chi connectivity index (χ1v) is 10.7. The van der Waals surface area contributed by atoms with E-state index in [1.54, 1.807) is 11.3 Å². The Balaban J connectivity index is 1.43. The van der Waals surface area contributed by atoms with E-state index in [1.165, 1.54) is 0 Å². The summed E-state index contributed by atoms with van der Waals surface area (Å²) in [5.41, 5.74) is 2.76. The molecular weight excluding hydrogens is 384 g/mol. The minimum atomic E-state index is 0.0953. The molecule has 4 rings (SSSR count). The molecule has 29 heavy (non-hydrogen) atoms.